The van der Waals surface area contributed by atoms with Crippen molar-refractivity contribution < 1.29 is 5.11 Å². The molecular formula is C15H21Br2NO. The van der Waals surface area contributed by atoms with Gasteiger partial charge in [-0.1, -0.05) is 31.7 Å². The normalized spacial score (nSPS) is 19.1. The van der Waals surface area contributed by atoms with Gasteiger partial charge in [-0.15, -0.1) is 0 Å². The Balaban J connectivity index is 1.83. The molecule has 106 valence electrons. The largest absolute Gasteiger partial charge is 0.389 e. The van der Waals surface area contributed by atoms with Gasteiger partial charge in [-0.05, 0) is 62.4 Å². The fraction of sp³-hybridized carbons (Fsp3) is 0.600. The highest BCUT2D eigenvalue weighted by Crippen LogP contribution is 2.27. The topological polar surface area (TPSA) is 32.3 Å². The summed E-state index contributed by atoms with van der Waals surface area (Å²) in [6.45, 7) is 1.49. The molecular weight excluding hydrogens is 370 g/mol. The predicted molar refractivity (Wildman–Crippen MR) is 86.2 cm³/mol. The summed E-state index contributed by atoms with van der Waals surface area (Å²) < 4.78 is 2.14. The lowest BCUT2D eigenvalue weighted by Gasteiger charge is -2.27. The first-order valence-electron chi connectivity index (χ1n) is 6.96. The molecule has 1 saturated carbocycles. The first kappa shape index (κ1) is 15.5. The molecule has 2 rings (SSSR count). The van der Waals surface area contributed by atoms with Crippen LogP contribution in [0.5, 0.6) is 0 Å². The minimum atomic E-state index is -0.497. The van der Waals surface area contributed by atoms with Gasteiger partial charge in [0.25, 0.3) is 0 Å². The Hall–Kier alpha value is 0.1000. The maximum Gasteiger partial charge on any atom is 0.0771 e. The van der Waals surface area contributed by atoms with Crippen LogP contribution in [0.3, 0.4) is 0 Å². The van der Waals surface area contributed by atoms with Crippen molar-refractivity contribution in [1.82, 2.24) is 5.32 Å². The number of halogens is 2. The molecule has 19 heavy (non-hydrogen) atoms. The van der Waals surface area contributed by atoms with Crippen molar-refractivity contribution in [1.29, 1.82) is 0 Å². The Morgan fingerprint density at radius 2 is 1.74 bits per heavy atom. The van der Waals surface area contributed by atoms with Crippen molar-refractivity contribution in [2.45, 2.75) is 50.7 Å². The summed E-state index contributed by atoms with van der Waals surface area (Å²) in [5.74, 6) is 0. The molecule has 0 aromatic heterocycles. The fourth-order valence-corrected chi connectivity index (χ4v) is 3.33. The zero-order valence-corrected chi connectivity index (χ0v) is 14.3. The van der Waals surface area contributed by atoms with Crippen LogP contribution in [0.1, 0.15) is 44.1 Å². The van der Waals surface area contributed by atoms with Crippen molar-refractivity contribution in [3.8, 4) is 0 Å². The highest BCUT2D eigenvalue weighted by molar-refractivity contribution is 9.13. The SMILES string of the molecule is OC1(CNCc2ccc(Br)c(Br)c2)CCCCCC1. The molecule has 0 unspecified atom stereocenters. The van der Waals surface area contributed by atoms with Crippen LogP contribution in [-0.2, 0) is 6.54 Å². The van der Waals surface area contributed by atoms with Crippen LogP contribution in [0.25, 0.3) is 0 Å². The molecule has 1 aliphatic carbocycles. The van der Waals surface area contributed by atoms with Gasteiger partial charge in [0.1, 0.15) is 0 Å². The Kier molecular flexibility index (Phi) is 5.87. The number of nitrogens with one attached hydrogen (secondary N) is 1. The summed E-state index contributed by atoms with van der Waals surface area (Å²) in [5, 5.41) is 13.9. The van der Waals surface area contributed by atoms with E-state index in [1.165, 1.54) is 18.4 Å². The monoisotopic (exact) mass is 389 g/mol. The molecule has 0 aliphatic heterocycles. The van der Waals surface area contributed by atoms with Crippen LogP contribution in [0.15, 0.2) is 27.1 Å². The minimum absolute atomic E-state index is 0.497. The van der Waals surface area contributed by atoms with Crippen LogP contribution >= 0.6 is 31.9 Å². The van der Waals surface area contributed by atoms with Crippen LogP contribution < -0.4 is 5.32 Å². The highest BCUT2D eigenvalue weighted by Gasteiger charge is 2.27. The van der Waals surface area contributed by atoms with E-state index in [2.05, 4.69) is 49.3 Å². The Labute approximate surface area is 132 Å². The van der Waals surface area contributed by atoms with Crippen LogP contribution in [-0.4, -0.2) is 17.3 Å². The molecule has 0 saturated heterocycles. The van der Waals surface area contributed by atoms with Gasteiger partial charge in [-0.2, -0.15) is 0 Å². The van der Waals surface area contributed by atoms with Gasteiger partial charge in [0, 0.05) is 22.0 Å². The highest BCUT2D eigenvalue weighted by atomic mass is 79.9. The second-order valence-electron chi connectivity index (χ2n) is 5.49. The van der Waals surface area contributed by atoms with Crippen molar-refractivity contribution in [3.63, 3.8) is 0 Å². The third kappa shape index (κ3) is 4.85. The van der Waals surface area contributed by atoms with Crippen LogP contribution in [0.4, 0.5) is 0 Å². The van der Waals surface area contributed by atoms with Gasteiger partial charge < -0.3 is 10.4 Å². The molecule has 1 aliphatic rings. The van der Waals surface area contributed by atoms with Crippen molar-refractivity contribution >= 4 is 31.9 Å². The second kappa shape index (κ2) is 7.21. The van der Waals surface area contributed by atoms with Crippen LogP contribution in [0, 0.1) is 0 Å². The quantitative estimate of drug-likeness (QED) is 0.747. The van der Waals surface area contributed by atoms with Crippen molar-refractivity contribution in [2.75, 3.05) is 6.54 Å². The van der Waals surface area contributed by atoms with Gasteiger partial charge in [-0.3, -0.25) is 0 Å². The lowest BCUT2D eigenvalue weighted by atomic mass is 9.94. The molecule has 1 aromatic carbocycles. The second-order valence-corrected chi connectivity index (χ2v) is 7.20. The van der Waals surface area contributed by atoms with E-state index in [1.54, 1.807) is 0 Å². The van der Waals surface area contributed by atoms with Gasteiger partial charge in [-0.25, -0.2) is 0 Å². The fourth-order valence-electron chi connectivity index (χ4n) is 2.65. The maximum absolute atomic E-state index is 10.5. The molecule has 1 fully saturated rings. The first-order chi connectivity index (χ1) is 9.09. The van der Waals surface area contributed by atoms with E-state index in [-0.39, 0.29) is 0 Å². The van der Waals surface area contributed by atoms with E-state index in [1.807, 2.05) is 6.07 Å². The molecule has 0 heterocycles. The van der Waals surface area contributed by atoms with Crippen molar-refractivity contribution in [2.24, 2.45) is 0 Å². The Morgan fingerprint density at radius 1 is 1.05 bits per heavy atom. The first-order valence-corrected chi connectivity index (χ1v) is 8.55. The summed E-state index contributed by atoms with van der Waals surface area (Å²) in [7, 11) is 0. The smallest absolute Gasteiger partial charge is 0.0771 e. The third-order valence-corrected chi connectivity index (χ3v) is 5.68. The summed E-state index contributed by atoms with van der Waals surface area (Å²) in [5.41, 5.74) is 0.732. The zero-order chi connectivity index (χ0) is 13.7. The lowest BCUT2D eigenvalue weighted by molar-refractivity contribution is 0.0250. The molecule has 0 atom stereocenters. The van der Waals surface area contributed by atoms with Gasteiger partial charge in [0.15, 0.2) is 0 Å². The zero-order valence-electron chi connectivity index (χ0n) is 11.1. The van der Waals surface area contributed by atoms with E-state index < -0.39 is 5.60 Å². The Morgan fingerprint density at radius 3 is 2.37 bits per heavy atom. The molecule has 0 bridgehead atoms. The van der Waals surface area contributed by atoms with E-state index in [0.717, 1.165) is 41.2 Å². The molecule has 0 amide bonds. The van der Waals surface area contributed by atoms with E-state index in [9.17, 15) is 5.11 Å². The average Bonchev–Trinajstić information content (AvgIpc) is 2.59. The van der Waals surface area contributed by atoms with Crippen LogP contribution in [0.2, 0.25) is 0 Å². The molecule has 2 N–H and O–H groups in total. The molecule has 0 radical (unpaired) electrons. The summed E-state index contributed by atoms with van der Waals surface area (Å²) in [4.78, 5) is 0. The minimum Gasteiger partial charge on any atom is -0.389 e. The summed E-state index contributed by atoms with van der Waals surface area (Å²) >= 11 is 6.98. The molecule has 0 spiro atoms. The third-order valence-electron chi connectivity index (χ3n) is 3.80. The van der Waals surface area contributed by atoms with Gasteiger partial charge >= 0.3 is 0 Å². The number of benzene rings is 1. The standard InChI is InChI=1S/C15H21Br2NO/c16-13-6-5-12(9-14(13)17)10-18-11-15(19)7-3-1-2-4-8-15/h5-6,9,18-19H,1-4,7-8,10-11H2. The molecule has 4 heteroatoms. The number of aliphatic hydroxyl groups is 1. The number of hydrogen-bond donors (Lipinski definition) is 2. The average molecular weight is 391 g/mol. The maximum atomic E-state index is 10.5. The van der Waals surface area contributed by atoms with E-state index in [0.29, 0.717) is 6.54 Å². The molecule has 2 nitrogen and oxygen atoms in total. The van der Waals surface area contributed by atoms with Crippen molar-refractivity contribution in [3.05, 3.63) is 32.7 Å². The lowest BCUT2D eigenvalue weighted by Crippen LogP contribution is -2.39. The summed E-state index contributed by atoms with van der Waals surface area (Å²) in [6, 6.07) is 6.24. The Bertz CT molecular complexity index is 415. The predicted octanol–water partition coefficient (Wildman–Crippen LogP) is 4.39. The van der Waals surface area contributed by atoms with Gasteiger partial charge in [0.2, 0.25) is 0 Å². The van der Waals surface area contributed by atoms with Gasteiger partial charge in [0.05, 0.1) is 5.60 Å². The molecule has 1 aromatic rings. The summed E-state index contributed by atoms with van der Waals surface area (Å²) in [6.07, 6.45) is 6.71. The number of hydrogen-bond acceptors (Lipinski definition) is 2. The van der Waals surface area contributed by atoms with E-state index >= 15 is 0 Å². The van der Waals surface area contributed by atoms with E-state index in [4.69, 9.17) is 0 Å². The number of rotatable bonds is 4.